The Labute approximate surface area is 158 Å². The molecule has 134 valence electrons. The molecule has 0 saturated heterocycles. The zero-order valence-corrected chi connectivity index (χ0v) is 16.0. The lowest BCUT2D eigenvalue weighted by molar-refractivity contribution is 0.302. The second-order valence-electron chi connectivity index (χ2n) is 6.99. The van der Waals surface area contributed by atoms with Gasteiger partial charge in [0.1, 0.15) is 0 Å². The fraction of sp³-hybridized carbons (Fsp3) is 0.318. The first-order chi connectivity index (χ1) is 12.7. The molecule has 0 unspecified atom stereocenters. The molecule has 2 N–H and O–H groups in total. The Morgan fingerprint density at radius 1 is 1.31 bits per heavy atom. The molecule has 0 bridgehead atoms. The normalized spacial score (nSPS) is 15.3. The Hall–Kier alpha value is -2.17. The lowest BCUT2D eigenvalue weighted by Crippen LogP contribution is -2.29. The first kappa shape index (κ1) is 17.3. The number of aromatic nitrogens is 1. The molecule has 1 aromatic carbocycles. The fourth-order valence-electron chi connectivity index (χ4n) is 3.76. The summed E-state index contributed by atoms with van der Waals surface area (Å²) in [6, 6.07) is 10.6. The summed E-state index contributed by atoms with van der Waals surface area (Å²) < 4.78 is 0. The molecule has 0 fully saturated rings. The number of rotatable bonds is 6. The standard InChI is InChI=1S/C22H25N3S/c1-2-9-25-10-7-17(8-11-25)19-15-24-21-6-5-16(13-18(19)21)14-20(23)22-4-3-12-26-22/h3-7,12-13,15,23-24H,2,8-11,14H2,1H3. The smallest absolute Gasteiger partial charge is 0.0529 e. The number of aromatic amines is 1. The van der Waals surface area contributed by atoms with Crippen LogP contribution in [-0.2, 0) is 6.42 Å². The third-order valence-electron chi connectivity index (χ3n) is 5.12. The quantitative estimate of drug-likeness (QED) is 0.570. The average molecular weight is 364 g/mol. The van der Waals surface area contributed by atoms with Crippen LogP contribution in [-0.4, -0.2) is 35.2 Å². The second kappa shape index (κ2) is 7.60. The molecule has 4 rings (SSSR count). The van der Waals surface area contributed by atoms with E-state index in [0.717, 1.165) is 24.4 Å². The minimum absolute atomic E-state index is 0.685. The molecule has 1 aliphatic heterocycles. The van der Waals surface area contributed by atoms with E-state index in [1.807, 2.05) is 17.5 Å². The fourth-order valence-corrected chi connectivity index (χ4v) is 4.44. The monoisotopic (exact) mass is 363 g/mol. The van der Waals surface area contributed by atoms with Gasteiger partial charge < -0.3 is 10.4 Å². The van der Waals surface area contributed by atoms with E-state index in [-0.39, 0.29) is 0 Å². The van der Waals surface area contributed by atoms with Crippen LogP contribution in [0.2, 0.25) is 0 Å². The van der Waals surface area contributed by atoms with Crippen LogP contribution in [0.4, 0.5) is 0 Å². The van der Waals surface area contributed by atoms with E-state index in [9.17, 15) is 0 Å². The van der Waals surface area contributed by atoms with Gasteiger partial charge in [0.05, 0.1) is 5.71 Å². The van der Waals surface area contributed by atoms with Gasteiger partial charge in [-0.05, 0) is 54.1 Å². The van der Waals surface area contributed by atoms with Gasteiger partial charge in [0, 0.05) is 47.1 Å². The summed E-state index contributed by atoms with van der Waals surface area (Å²) in [5.41, 5.74) is 5.88. The zero-order valence-electron chi connectivity index (χ0n) is 15.2. The summed E-state index contributed by atoms with van der Waals surface area (Å²) >= 11 is 1.64. The van der Waals surface area contributed by atoms with Crippen LogP contribution in [0, 0.1) is 5.41 Å². The molecule has 0 atom stereocenters. The third kappa shape index (κ3) is 3.53. The predicted molar refractivity (Wildman–Crippen MR) is 112 cm³/mol. The highest BCUT2D eigenvalue weighted by Gasteiger charge is 2.15. The van der Waals surface area contributed by atoms with Crippen molar-refractivity contribution in [1.29, 1.82) is 5.41 Å². The van der Waals surface area contributed by atoms with E-state index in [2.05, 4.69) is 47.3 Å². The largest absolute Gasteiger partial charge is 0.361 e. The van der Waals surface area contributed by atoms with Gasteiger partial charge in [-0.2, -0.15) is 0 Å². The van der Waals surface area contributed by atoms with Crippen molar-refractivity contribution in [3.05, 3.63) is 64.0 Å². The summed E-state index contributed by atoms with van der Waals surface area (Å²) in [6.45, 7) is 5.63. The van der Waals surface area contributed by atoms with Crippen molar-refractivity contribution >= 4 is 33.5 Å². The number of hydrogen-bond donors (Lipinski definition) is 2. The lowest BCUT2D eigenvalue weighted by Gasteiger charge is -2.25. The number of fused-ring (bicyclic) bond motifs is 1. The summed E-state index contributed by atoms with van der Waals surface area (Å²) in [4.78, 5) is 7.00. The second-order valence-corrected chi connectivity index (χ2v) is 7.94. The van der Waals surface area contributed by atoms with E-state index in [1.54, 1.807) is 11.3 Å². The summed E-state index contributed by atoms with van der Waals surface area (Å²) in [5.74, 6) is 0. The molecule has 0 spiro atoms. The van der Waals surface area contributed by atoms with Gasteiger partial charge in [0.2, 0.25) is 0 Å². The SMILES string of the molecule is CCCN1CC=C(c2c[nH]c3ccc(CC(=N)c4cccs4)cc23)CC1. The molecular weight excluding hydrogens is 338 g/mol. The highest BCUT2D eigenvalue weighted by atomic mass is 32.1. The summed E-state index contributed by atoms with van der Waals surface area (Å²) in [5, 5.41) is 11.7. The lowest BCUT2D eigenvalue weighted by atomic mass is 9.97. The highest BCUT2D eigenvalue weighted by Crippen LogP contribution is 2.30. The maximum atomic E-state index is 8.35. The van der Waals surface area contributed by atoms with Crippen LogP contribution in [0.25, 0.3) is 16.5 Å². The number of nitrogens with one attached hydrogen (secondary N) is 2. The van der Waals surface area contributed by atoms with Gasteiger partial charge in [-0.3, -0.25) is 4.90 Å². The van der Waals surface area contributed by atoms with Crippen LogP contribution in [0.15, 0.2) is 48.0 Å². The van der Waals surface area contributed by atoms with E-state index in [0.29, 0.717) is 12.1 Å². The maximum Gasteiger partial charge on any atom is 0.0529 e. The van der Waals surface area contributed by atoms with Gasteiger partial charge >= 0.3 is 0 Å². The summed E-state index contributed by atoms with van der Waals surface area (Å²) in [7, 11) is 0. The Bertz CT molecular complexity index is 934. The molecule has 4 heteroatoms. The van der Waals surface area contributed by atoms with Crippen LogP contribution in [0.5, 0.6) is 0 Å². The van der Waals surface area contributed by atoms with Gasteiger partial charge in [-0.15, -0.1) is 11.3 Å². The maximum absolute atomic E-state index is 8.35. The molecule has 0 aliphatic carbocycles. The molecule has 2 aromatic heterocycles. The van der Waals surface area contributed by atoms with Gasteiger partial charge in [0.25, 0.3) is 0 Å². The zero-order chi connectivity index (χ0) is 17.9. The van der Waals surface area contributed by atoms with E-state index in [1.165, 1.54) is 40.6 Å². The molecule has 0 amide bonds. The van der Waals surface area contributed by atoms with Crippen molar-refractivity contribution in [3.8, 4) is 0 Å². The third-order valence-corrected chi connectivity index (χ3v) is 6.05. The van der Waals surface area contributed by atoms with Crippen LogP contribution in [0.1, 0.15) is 35.8 Å². The minimum Gasteiger partial charge on any atom is -0.361 e. The number of H-pyrrole nitrogens is 1. The molecule has 26 heavy (non-hydrogen) atoms. The average Bonchev–Trinajstić information content (AvgIpc) is 3.32. The van der Waals surface area contributed by atoms with Gasteiger partial charge in [0.15, 0.2) is 0 Å². The number of nitrogens with zero attached hydrogens (tertiary/aromatic N) is 1. The Balaban J connectivity index is 1.58. The Morgan fingerprint density at radius 3 is 2.96 bits per heavy atom. The molecule has 3 heterocycles. The molecule has 0 radical (unpaired) electrons. The molecular formula is C22H25N3S. The first-order valence-electron chi connectivity index (χ1n) is 9.37. The van der Waals surface area contributed by atoms with E-state index in [4.69, 9.17) is 5.41 Å². The van der Waals surface area contributed by atoms with E-state index < -0.39 is 0 Å². The van der Waals surface area contributed by atoms with Crippen molar-refractivity contribution in [1.82, 2.24) is 9.88 Å². The van der Waals surface area contributed by atoms with E-state index >= 15 is 0 Å². The van der Waals surface area contributed by atoms with Crippen molar-refractivity contribution in [2.75, 3.05) is 19.6 Å². The number of hydrogen-bond acceptors (Lipinski definition) is 3. The predicted octanol–water partition coefficient (Wildman–Crippen LogP) is 5.34. The molecule has 1 aliphatic rings. The molecule has 3 aromatic rings. The van der Waals surface area contributed by atoms with Crippen molar-refractivity contribution in [3.63, 3.8) is 0 Å². The van der Waals surface area contributed by atoms with Crippen molar-refractivity contribution < 1.29 is 0 Å². The van der Waals surface area contributed by atoms with Crippen molar-refractivity contribution in [2.45, 2.75) is 26.2 Å². The van der Waals surface area contributed by atoms with Gasteiger partial charge in [-0.25, -0.2) is 0 Å². The molecule has 3 nitrogen and oxygen atoms in total. The first-order valence-corrected chi connectivity index (χ1v) is 10.3. The highest BCUT2D eigenvalue weighted by molar-refractivity contribution is 7.12. The Morgan fingerprint density at radius 2 is 2.23 bits per heavy atom. The van der Waals surface area contributed by atoms with Crippen LogP contribution >= 0.6 is 11.3 Å². The van der Waals surface area contributed by atoms with Gasteiger partial charge in [-0.1, -0.05) is 25.1 Å². The number of thiophene rings is 1. The minimum atomic E-state index is 0.685. The van der Waals surface area contributed by atoms with Crippen molar-refractivity contribution in [2.24, 2.45) is 0 Å². The topological polar surface area (TPSA) is 42.9 Å². The summed E-state index contributed by atoms with van der Waals surface area (Å²) in [6.07, 6.45) is 7.56. The molecule has 0 saturated carbocycles. The Kier molecular flexibility index (Phi) is 5.05. The van der Waals surface area contributed by atoms with Crippen LogP contribution < -0.4 is 0 Å². The van der Waals surface area contributed by atoms with Crippen LogP contribution in [0.3, 0.4) is 0 Å². The number of benzene rings is 1.